The Kier molecular flexibility index (Phi) is 4.86. The van der Waals surface area contributed by atoms with Gasteiger partial charge in [0.25, 0.3) is 5.91 Å². The number of rotatable bonds is 3. The predicted molar refractivity (Wildman–Crippen MR) is 79.8 cm³/mol. The Bertz CT molecular complexity index is 467. The summed E-state index contributed by atoms with van der Waals surface area (Å²) in [6, 6.07) is 4.14. The zero-order chi connectivity index (χ0) is 13.8. The summed E-state index contributed by atoms with van der Waals surface area (Å²) < 4.78 is 6.16. The van der Waals surface area contributed by atoms with E-state index in [0.29, 0.717) is 17.4 Å². The number of hydrogen-bond donors (Lipinski definition) is 1. The van der Waals surface area contributed by atoms with Gasteiger partial charge >= 0.3 is 0 Å². The number of hydrogen-bond acceptors (Lipinski definition) is 2. The molecule has 4 heteroatoms. The first-order chi connectivity index (χ1) is 9.11. The molecule has 1 fully saturated rings. The summed E-state index contributed by atoms with van der Waals surface area (Å²) in [6.45, 7) is 1.97. The lowest BCUT2D eigenvalue weighted by Gasteiger charge is -2.23. The van der Waals surface area contributed by atoms with Crippen LogP contribution in [0.5, 0.6) is 5.75 Å². The highest BCUT2D eigenvalue weighted by molar-refractivity contribution is 9.10. The van der Waals surface area contributed by atoms with Crippen LogP contribution < -0.4 is 10.1 Å². The van der Waals surface area contributed by atoms with Gasteiger partial charge in [-0.1, -0.05) is 19.3 Å². The molecule has 0 bridgehead atoms. The number of benzene rings is 1. The lowest BCUT2D eigenvalue weighted by Crippen LogP contribution is -2.36. The smallest absolute Gasteiger partial charge is 0.255 e. The number of aryl methyl sites for hydroxylation is 1. The second-order valence-electron chi connectivity index (χ2n) is 5.14. The van der Waals surface area contributed by atoms with Gasteiger partial charge in [-0.2, -0.15) is 0 Å². The van der Waals surface area contributed by atoms with Crippen LogP contribution in [0.2, 0.25) is 0 Å². The summed E-state index contributed by atoms with van der Waals surface area (Å²) in [4.78, 5) is 12.4. The van der Waals surface area contributed by atoms with Crippen molar-refractivity contribution in [3.63, 3.8) is 0 Å². The van der Waals surface area contributed by atoms with E-state index in [4.69, 9.17) is 4.74 Å². The average Bonchev–Trinajstić information content (AvgIpc) is 2.39. The van der Waals surface area contributed by atoms with E-state index in [1.54, 1.807) is 7.11 Å². The van der Waals surface area contributed by atoms with Crippen LogP contribution in [-0.4, -0.2) is 19.1 Å². The SMILES string of the molecule is COc1c(Br)cc(C)cc1C(=O)NC1CCCCC1. The van der Waals surface area contributed by atoms with E-state index < -0.39 is 0 Å². The lowest BCUT2D eigenvalue weighted by atomic mass is 9.95. The third kappa shape index (κ3) is 3.50. The maximum atomic E-state index is 12.4. The van der Waals surface area contributed by atoms with Gasteiger partial charge in [0.2, 0.25) is 0 Å². The maximum Gasteiger partial charge on any atom is 0.255 e. The minimum atomic E-state index is -0.0341. The molecule has 2 rings (SSSR count). The molecule has 3 nitrogen and oxygen atoms in total. The Labute approximate surface area is 122 Å². The van der Waals surface area contributed by atoms with Crippen molar-refractivity contribution in [2.24, 2.45) is 0 Å². The number of amides is 1. The first-order valence-electron chi connectivity index (χ1n) is 6.77. The Morgan fingerprint density at radius 2 is 2.00 bits per heavy atom. The maximum absolute atomic E-state index is 12.4. The molecule has 1 aliphatic carbocycles. The number of nitrogens with one attached hydrogen (secondary N) is 1. The normalized spacial score (nSPS) is 16.2. The number of halogens is 1. The lowest BCUT2D eigenvalue weighted by molar-refractivity contribution is 0.0924. The molecule has 0 aliphatic heterocycles. The van der Waals surface area contributed by atoms with Crippen LogP contribution in [0.25, 0.3) is 0 Å². The summed E-state index contributed by atoms with van der Waals surface area (Å²) in [5.41, 5.74) is 1.65. The Balaban J connectivity index is 2.17. The van der Waals surface area contributed by atoms with Crippen LogP contribution in [0, 0.1) is 6.92 Å². The van der Waals surface area contributed by atoms with Gasteiger partial charge in [0, 0.05) is 6.04 Å². The highest BCUT2D eigenvalue weighted by Gasteiger charge is 2.20. The fourth-order valence-corrected chi connectivity index (χ4v) is 3.35. The molecular weight excluding hydrogens is 306 g/mol. The molecule has 1 aromatic rings. The van der Waals surface area contributed by atoms with Gasteiger partial charge in [0.1, 0.15) is 5.75 Å². The second kappa shape index (κ2) is 6.42. The molecule has 0 aromatic heterocycles. The third-order valence-corrected chi connectivity index (χ3v) is 4.17. The molecule has 0 spiro atoms. The van der Waals surface area contributed by atoms with Gasteiger partial charge in [-0.3, -0.25) is 4.79 Å². The van der Waals surface area contributed by atoms with Crippen molar-refractivity contribution in [2.75, 3.05) is 7.11 Å². The van der Waals surface area contributed by atoms with Crippen molar-refractivity contribution in [2.45, 2.75) is 45.1 Å². The minimum Gasteiger partial charge on any atom is -0.495 e. The fraction of sp³-hybridized carbons (Fsp3) is 0.533. The van der Waals surface area contributed by atoms with Gasteiger partial charge < -0.3 is 10.1 Å². The Morgan fingerprint density at radius 1 is 1.32 bits per heavy atom. The van der Waals surface area contributed by atoms with E-state index in [0.717, 1.165) is 22.9 Å². The zero-order valence-corrected chi connectivity index (χ0v) is 13.0. The standard InChI is InChI=1S/C15H20BrNO2/c1-10-8-12(14(19-2)13(16)9-10)15(18)17-11-6-4-3-5-7-11/h8-9,11H,3-7H2,1-2H3,(H,17,18). The predicted octanol–water partition coefficient (Wildman–Crippen LogP) is 3.83. The first-order valence-corrected chi connectivity index (χ1v) is 7.56. The van der Waals surface area contributed by atoms with E-state index in [1.165, 1.54) is 19.3 Å². The van der Waals surface area contributed by atoms with Gasteiger partial charge in [-0.15, -0.1) is 0 Å². The van der Waals surface area contributed by atoms with Crippen molar-refractivity contribution >= 4 is 21.8 Å². The van der Waals surface area contributed by atoms with Crippen molar-refractivity contribution in [3.05, 3.63) is 27.7 Å². The summed E-state index contributed by atoms with van der Waals surface area (Å²) in [7, 11) is 1.59. The van der Waals surface area contributed by atoms with Crippen LogP contribution in [0.15, 0.2) is 16.6 Å². The highest BCUT2D eigenvalue weighted by atomic mass is 79.9. The molecule has 1 aromatic carbocycles. The molecular formula is C15H20BrNO2. The number of carbonyl (C=O) groups excluding carboxylic acids is 1. The van der Waals surface area contributed by atoms with E-state index in [-0.39, 0.29) is 5.91 Å². The van der Waals surface area contributed by atoms with Crippen LogP contribution in [0.1, 0.15) is 48.0 Å². The quantitative estimate of drug-likeness (QED) is 0.917. The van der Waals surface area contributed by atoms with Crippen LogP contribution in [0.4, 0.5) is 0 Å². The molecule has 1 saturated carbocycles. The molecule has 0 atom stereocenters. The first kappa shape index (κ1) is 14.4. The van der Waals surface area contributed by atoms with Gasteiger partial charge in [0.15, 0.2) is 0 Å². The van der Waals surface area contributed by atoms with Gasteiger partial charge in [-0.25, -0.2) is 0 Å². The molecule has 1 amide bonds. The number of ether oxygens (including phenoxy) is 1. The highest BCUT2D eigenvalue weighted by Crippen LogP contribution is 2.30. The Hall–Kier alpha value is -1.03. The Morgan fingerprint density at radius 3 is 2.63 bits per heavy atom. The largest absolute Gasteiger partial charge is 0.495 e. The van der Waals surface area contributed by atoms with Crippen LogP contribution in [0.3, 0.4) is 0 Å². The molecule has 19 heavy (non-hydrogen) atoms. The molecule has 0 saturated heterocycles. The van der Waals surface area contributed by atoms with Crippen molar-refractivity contribution < 1.29 is 9.53 Å². The molecule has 104 valence electrons. The van der Waals surface area contributed by atoms with E-state index >= 15 is 0 Å². The van der Waals surface area contributed by atoms with E-state index in [2.05, 4.69) is 21.2 Å². The summed E-state index contributed by atoms with van der Waals surface area (Å²) in [6.07, 6.45) is 5.87. The van der Waals surface area contributed by atoms with Crippen LogP contribution >= 0.6 is 15.9 Å². The van der Waals surface area contributed by atoms with E-state index in [9.17, 15) is 4.79 Å². The number of carbonyl (C=O) groups is 1. The number of methoxy groups -OCH3 is 1. The zero-order valence-electron chi connectivity index (χ0n) is 11.5. The molecule has 1 aliphatic rings. The van der Waals surface area contributed by atoms with Crippen molar-refractivity contribution in [1.82, 2.24) is 5.32 Å². The van der Waals surface area contributed by atoms with Gasteiger partial charge in [-0.05, 0) is 53.4 Å². The fourth-order valence-electron chi connectivity index (χ4n) is 2.62. The molecule has 0 unspecified atom stereocenters. The third-order valence-electron chi connectivity index (χ3n) is 3.58. The van der Waals surface area contributed by atoms with E-state index in [1.807, 2.05) is 19.1 Å². The summed E-state index contributed by atoms with van der Waals surface area (Å²) >= 11 is 3.45. The molecule has 1 N–H and O–H groups in total. The molecule has 0 radical (unpaired) electrons. The van der Waals surface area contributed by atoms with Crippen LogP contribution in [-0.2, 0) is 0 Å². The summed E-state index contributed by atoms with van der Waals surface area (Å²) in [5.74, 6) is 0.576. The molecule has 0 heterocycles. The second-order valence-corrected chi connectivity index (χ2v) is 5.99. The minimum absolute atomic E-state index is 0.0341. The van der Waals surface area contributed by atoms with Gasteiger partial charge in [0.05, 0.1) is 17.1 Å². The average molecular weight is 326 g/mol. The van der Waals surface area contributed by atoms with Crippen molar-refractivity contribution in [3.8, 4) is 5.75 Å². The summed E-state index contributed by atoms with van der Waals surface area (Å²) in [5, 5.41) is 3.12. The topological polar surface area (TPSA) is 38.3 Å². The monoisotopic (exact) mass is 325 g/mol. The van der Waals surface area contributed by atoms with Crippen molar-refractivity contribution in [1.29, 1.82) is 0 Å².